The van der Waals surface area contributed by atoms with Gasteiger partial charge in [-0.25, -0.2) is 22.2 Å². The Morgan fingerprint density at radius 2 is 1.76 bits per heavy atom. The lowest BCUT2D eigenvalue weighted by Gasteiger charge is -2.14. The molecule has 1 saturated carbocycles. The van der Waals surface area contributed by atoms with Crippen LogP contribution in [0.5, 0.6) is 0 Å². The highest BCUT2D eigenvalue weighted by Gasteiger charge is 2.29. The molecule has 1 aromatic heterocycles. The Morgan fingerprint density at radius 1 is 1.09 bits per heavy atom. The van der Waals surface area contributed by atoms with Crippen molar-refractivity contribution in [1.82, 2.24) is 14.5 Å². The van der Waals surface area contributed by atoms with Crippen LogP contribution in [0.2, 0.25) is 0 Å². The number of benzene rings is 2. The van der Waals surface area contributed by atoms with Crippen LogP contribution >= 0.6 is 0 Å². The number of aryl methyl sites for hydroxylation is 1. The maximum Gasteiger partial charge on any atom is 0.257 e. The van der Waals surface area contributed by atoms with Gasteiger partial charge in [0.05, 0.1) is 16.3 Å². The summed E-state index contributed by atoms with van der Waals surface area (Å²) in [6.07, 6.45) is 1.64. The molecule has 0 bridgehead atoms. The molecule has 1 fully saturated rings. The molecule has 2 N–H and O–H groups in total. The Balaban J connectivity index is 1.69. The molecule has 33 heavy (non-hydrogen) atoms. The number of anilines is 1. The van der Waals surface area contributed by atoms with E-state index in [4.69, 9.17) is 0 Å². The molecule has 0 radical (unpaired) electrons. The number of halogens is 1. The van der Waals surface area contributed by atoms with Crippen molar-refractivity contribution >= 4 is 21.7 Å². The first-order valence-electron chi connectivity index (χ1n) is 10.7. The van der Waals surface area contributed by atoms with Crippen molar-refractivity contribution in [3.8, 4) is 5.69 Å². The lowest BCUT2D eigenvalue weighted by atomic mass is 9.92. The van der Waals surface area contributed by atoms with E-state index in [0.29, 0.717) is 17.1 Å². The normalized spacial score (nSPS) is 14.3. The summed E-state index contributed by atoms with van der Waals surface area (Å²) in [4.78, 5) is 13.3. The van der Waals surface area contributed by atoms with E-state index in [0.717, 1.165) is 18.5 Å². The molecule has 1 aliphatic rings. The summed E-state index contributed by atoms with van der Waals surface area (Å²) >= 11 is 0. The molecule has 0 saturated heterocycles. The first-order chi connectivity index (χ1) is 15.4. The zero-order valence-electron chi connectivity index (χ0n) is 19.0. The largest absolute Gasteiger partial charge is 0.306 e. The van der Waals surface area contributed by atoms with Crippen molar-refractivity contribution in [1.29, 1.82) is 0 Å². The average molecular weight is 471 g/mol. The van der Waals surface area contributed by atoms with Gasteiger partial charge in [-0.3, -0.25) is 4.79 Å². The van der Waals surface area contributed by atoms with Crippen molar-refractivity contribution in [3.63, 3.8) is 0 Å². The van der Waals surface area contributed by atoms with Crippen LogP contribution in [-0.4, -0.2) is 30.1 Å². The zero-order chi connectivity index (χ0) is 24.0. The van der Waals surface area contributed by atoms with Crippen LogP contribution in [-0.2, 0) is 15.4 Å². The molecule has 3 aromatic rings. The van der Waals surface area contributed by atoms with Crippen molar-refractivity contribution in [2.45, 2.75) is 56.9 Å². The van der Waals surface area contributed by atoms with Gasteiger partial charge in [-0.1, -0.05) is 26.8 Å². The fourth-order valence-corrected chi connectivity index (χ4v) is 4.63. The molecule has 1 amide bonds. The average Bonchev–Trinajstić information content (AvgIpc) is 3.43. The van der Waals surface area contributed by atoms with Gasteiger partial charge in [-0.2, -0.15) is 5.10 Å². The van der Waals surface area contributed by atoms with Crippen LogP contribution in [0.25, 0.3) is 5.69 Å². The van der Waals surface area contributed by atoms with E-state index >= 15 is 0 Å². The summed E-state index contributed by atoms with van der Waals surface area (Å²) in [5, 5.41) is 7.48. The molecule has 0 atom stereocenters. The highest BCUT2D eigenvalue weighted by molar-refractivity contribution is 7.89. The number of amides is 1. The van der Waals surface area contributed by atoms with Crippen molar-refractivity contribution < 1.29 is 17.6 Å². The van der Waals surface area contributed by atoms with Gasteiger partial charge < -0.3 is 5.32 Å². The first kappa shape index (κ1) is 23.1. The van der Waals surface area contributed by atoms with Crippen molar-refractivity contribution in [3.05, 3.63) is 71.2 Å². The number of sulfonamides is 1. The molecular weight excluding hydrogens is 443 g/mol. The van der Waals surface area contributed by atoms with E-state index in [1.165, 1.54) is 24.3 Å². The number of nitrogens with zero attached hydrogens (tertiary/aromatic N) is 2. The molecule has 1 heterocycles. The zero-order valence-corrected chi connectivity index (χ0v) is 19.8. The third kappa shape index (κ3) is 5.15. The summed E-state index contributed by atoms with van der Waals surface area (Å²) in [5.41, 5.74) is 1.93. The highest BCUT2D eigenvalue weighted by atomic mass is 32.2. The van der Waals surface area contributed by atoms with E-state index in [-0.39, 0.29) is 27.7 Å². The van der Waals surface area contributed by atoms with Gasteiger partial charge in [0.2, 0.25) is 10.0 Å². The molecule has 0 unspecified atom stereocenters. The standard InChI is InChI=1S/C24H27FN4O3S/c1-15-5-12-19(33(31,32)28-17-8-9-17)13-20(15)23(30)26-22-14-21(24(2,3)4)27-29(22)18-10-6-16(25)7-11-18/h5-7,10-14,17,28H,8-9H2,1-4H3,(H,26,30). The van der Waals surface area contributed by atoms with Crippen LogP contribution in [0.15, 0.2) is 53.4 Å². The van der Waals surface area contributed by atoms with Crippen LogP contribution in [0.4, 0.5) is 10.2 Å². The number of carbonyl (C=O) groups excluding carboxylic acids is 1. The highest BCUT2D eigenvalue weighted by Crippen LogP contribution is 2.28. The molecule has 7 nitrogen and oxygen atoms in total. The van der Waals surface area contributed by atoms with Crippen LogP contribution in [0.1, 0.15) is 55.2 Å². The molecule has 2 aromatic carbocycles. The van der Waals surface area contributed by atoms with E-state index in [1.54, 1.807) is 35.9 Å². The molecule has 1 aliphatic carbocycles. The third-order valence-corrected chi connectivity index (χ3v) is 6.97. The van der Waals surface area contributed by atoms with Crippen LogP contribution in [0, 0.1) is 12.7 Å². The van der Waals surface area contributed by atoms with Gasteiger partial charge >= 0.3 is 0 Å². The molecule has 0 spiro atoms. The number of hydrogen-bond donors (Lipinski definition) is 2. The second-order valence-electron chi connectivity index (χ2n) is 9.38. The van der Waals surface area contributed by atoms with Crippen molar-refractivity contribution in [2.24, 2.45) is 0 Å². The minimum absolute atomic E-state index is 0.0329. The van der Waals surface area contributed by atoms with Gasteiger partial charge in [0.25, 0.3) is 5.91 Å². The SMILES string of the molecule is Cc1ccc(S(=O)(=O)NC2CC2)cc1C(=O)Nc1cc(C(C)(C)C)nn1-c1ccc(F)cc1. The summed E-state index contributed by atoms with van der Waals surface area (Å²) < 4.78 is 42.9. The number of rotatable bonds is 6. The maximum atomic E-state index is 13.4. The van der Waals surface area contributed by atoms with E-state index in [9.17, 15) is 17.6 Å². The fraction of sp³-hybridized carbons (Fsp3) is 0.333. The fourth-order valence-electron chi connectivity index (χ4n) is 3.30. The first-order valence-corrected chi connectivity index (χ1v) is 12.2. The van der Waals surface area contributed by atoms with E-state index in [1.807, 2.05) is 20.8 Å². The quantitative estimate of drug-likeness (QED) is 0.561. The molecular formula is C24H27FN4O3S. The Labute approximate surface area is 193 Å². The second kappa shape index (κ2) is 8.39. The molecule has 4 rings (SSSR count). The van der Waals surface area contributed by atoms with Gasteiger partial charge in [0.1, 0.15) is 11.6 Å². The minimum atomic E-state index is -3.70. The van der Waals surface area contributed by atoms with Crippen molar-refractivity contribution in [2.75, 3.05) is 5.32 Å². The Hall–Kier alpha value is -3.04. The van der Waals surface area contributed by atoms with Gasteiger partial charge in [0.15, 0.2) is 0 Å². The van der Waals surface area contributed by atoms with Crippen LogP contribution < -0.4 is 10.0 Å². The summed E-state index contributed by atoms with van der Waals surface area (Å²) in [5.74, 6) is -0.430. The summed E-state index contributed by atoms with van der Waals surface area (Å²) in [6.45, 7) is 7.75. The van der Waals surface area contributed by atoms with Gasteiger partial charge in [0, 0.05) is 23.1 Å². The monoisotopic (exact) mass is 470 g/mol. The van der Waals surface area contributed by atoms with Gasteiger partial charge in [-0.05, 0) is 61.7 Å². The number of nitrogens with one attached hydrogen (secondary N) is 2. The Bertz CT molecular complexity index is 1300. The van der Waals surface area contributed by atoms with Gasteiger partial charge in [-0.15, -0.1) is 0 Å². The second-order valence-corrected chi connectivity index (χ2v) is 11.1. The predicted molar refractivity (Wildman–Crippen MR) is 125 cm³/mol. The molecule has 9 heteroatoms. The number of aromatic nitrogens is 2. The van der Waals surface area contributed by atoms with Crippen LogP contribution in [0.3, 0.4) is 0 Å². The Kier molecular flexibility index (Phi) is 5.88. The minimum Gasteiger partial charge on any atom is -0.306 e. The van der Waals surface area contributed by atoms with E-state index in [2.05, 4.69) is 15.1 Å². The third-order valence-electron chi connectivity index (χ3n) is 5.45. The molecule has 0 aliphatic heterocycles. The summed E-state index contributed by atoms with van der Waals surface area (Å²) in [6, 6.07) is 12.0. The molecule has 174 valence electrons. The Morgan fingerprint density at radius 3 is 2.36 bits per heavy atom. The topological polar surface area (TPSA) is 93.1 Å². The number of carbonyl (C=O) groups is 1. The predicted octanol–water partition coefficient (Wildman–Crippen LogP) is 4.31. The van der Waals surface area contributed by atoms with E-state index < -0.39 is 15.9 Å². The lowest BCUT2D eigenvalue weighted by Crippen LogP contribution is -2.26. The lowest BCUT2D eigenvalue weighted by molar-refractivity contribution is 0.102. The maximum absolute atomic E-state index is 13.4. The number of hydrogen-bond acceptors (Lipinski definition) is 4. The summed E-state index contributed by atoms with van der Waals surface area (Å²) in [7, 11) is -3.70. The smallest absolute Gasteiger partial charge is 0.257 e.